The van der Waals surface area contributed by atoms with E-state index in [0.717, 1.165) is 41.9 Å². The zero-order valence-electron chi connectivity index (χ0n) is 17.3. The number of halogens is 3. The number of nitrogens with zero attached hydrogens (tertiary/aromatic N) is 5. The van der Waals surface area contributed by atoms with Gasteiger partial charge in [0.2, 0.25) is 0 Å². The van der Waals surface area contributed by atoms with Crippen molar-refractivity contribution in [2.45, 2.75) is 26.4 Å². The van der Waals surface area contributed by atoms with Crippen LogP contribution in [0.2, 0.25) is 0 Å². The molecule has 0 N–H and O–H groups in total. The Morgan fingerprint density at radius 1 is 0.968 bits per heavy atom. The Morgan fingerprint density at radius 2 is 1.71 bits per heavy atom. The van der Waals surface area contributed by atoms with Crippen molar-refractivity contribution in [3.8, 4) is 11.3 Å². The molecule has 4 aromatic rings. The fourth-order valence-electron chi connectivity index (χ4n) is 4.65. The second-order valence-electron chi connectivity index (χ2n) is 8.56. The molecule has 0 spiro atoms. The zero-order chi connectivity index (χ0) is 21.8. The highest BCUT2D eigenvalue weighted by molar-refractivity contribution is 5.93. The molecule has 1 aliphatic rings. The fraction of sp³-hybridized carbons (Fsp3) is 0.348. The monoisotopic (exact) mass is 425 g/mol. The maximum Gasteiger partial charge on any atom is 0.416 e. The van der Waals surface area contributed by atoms with E-state index in [4.69, 9.17) is 4.98 Å². The minimum absolute atomic E-state index is 0.344. The van der Waals surface area contributed by atoms with Gasteiger partial charge in [-0.05, 0) is 42.5 Å². The van der Waals surface area contributed by atoms with Crippen molar-refractivity contribution in [2.75, 3.05) is 18.0 Å². The van der Waals surface area contributed by atoms with Crippen molar-refractivity contribution in [3.63, 3.8) is 0 Å². The maximum absolute atomic E-state index is 13.2. The van der Waals surface area contributed by atoms with Crippen molar-refractivity contribution >= 4 is 22.4 Å². The topological polar surface area (TPSA) is 46.3 Å². The van der Waals surface area contributed by atoms with Crippen LogP contribution in [0.4, 0.5) is 19.0 Å². The van der Waals surface area contributed by atoms with E-state index in [-0.39, 0.29) is 0 Å². The molecule has 5 nitrogen and oxygen atoms in total. The van der Waals surface area contributed by atoms with Crippen LogP contribution < -0.4 is 4.90 Å². The molecule has 31 heavy (non-hydrogen) atoms. The third-order valence-electron chi connectivity index (χ3n) is 5.86. The Kier molecular flexibility index (Phi) is 4.60. The van der Waals surface area contributed by atoms with E-state index < -0.39 is 11.7 Å². The van der Waals surface area contributed by atoms with Crippen molar-refractivity contribution in [3.05, 3.63) is 54.1 Å². The molecule has 0 radical (unpaired) electrons. The summed E-state index contributed by atoms with van der Waals surface area (Å²) in [5.74, 6) is 1.90. The van der Waals surface area contributed by atoms with Gasteiger partial charge in [-0.3, -0.25) is 0 Å². The summed E-state index contributed by atoms with van der Waals surface area (Å²) in [4.78, 5) is 7.19. The largest absolute Gasteiger partial charge is 0.416 e. The first kappa shape index (κ1) is 19.8. The van der Waals surface area contributed by atoms with Crippen LogP contribution in [-0.4, -0.2) is 32.9 Å². The van der Waals surface area contributed by atoms with Crippen molar-refractivity contribution in [2.24, 2.45) is 11.8 Å². The average Bonchev–Trinajstić information content (AvgIpc) is 3.16. The Hall–Kier alpha value is -3.16. The number of hydrogen-bond acceptors (Lipinski definition) is 4. The minimum Gasteiger partial charge on any atom is -0.355 e. The quantitative estimate of drug-likeness (QED) is 0.429. The highest BCUT2D eigenvalue weighted by Crippen LogP contribution is 2.35. The van der Waals surface area contributed by atoms with E-state index in [0.29, 0.717) is 28.7 Å². The first-order valence-electron chi connectivity index (χ1n) is 10.4. The number of aromatic nitrogens is 4. The van der Waals surface area contributed by atoms with Gasteiger partial charge in [-0.15, -0.1) is 5.10 Å². The summed E-state index contributed by atoms with van der Waals surface area (Å²) in [5.41, 5.74) is 1.26. The molecule has 160 valence electrons. The lowest BCUT2D eigenvalue weighted by Gasteiger charge is -2.36. The predicted octanol–water partition coefficient (Wildman–Crippen LogP) is 5.45. The fourth-order valence-corrected chi connectivity index (χ4v) is 4.65. The highest BCUT2D eigenvalue weighted by Gasteiger charge is 2.31. The Bertz CT molecular complexity index is 1250. The lowest BCUT2D eigenvalue weighted by molar-refractivity contribution is -0.137. The first-order valence-corrected chi connectivity index (χ1v) is 10.4. The molecule has 0 aliphatic carbocycles. The molecule has 2 aromatic heterocycles. The summed E-state index contributed by atoms with van der Waals surface area (Å²) in [6.45, 7) is 6.24. The second kappa shape index (κ2) is 7.21. The van der Waals surface area contributed by atoms with E-state index >= 15 is 0 Å². The second-order valence-corrected chi connectivity index (χ2v) is 8.56. The standard InChI is InChI=1S/C23H22F3N5/c1-14-10-15(2)13-30(12-14)21-18-8-3-4-9-19(18)31-22(27-21)20(28-29-31)16-6-5-7-17(11-16)23(24,25)26/h3-9,11,14-15H,10,12-13H2,1-2H3/t14-,15-/m1/s1. The van der Waals surface area contributed by atoms with Crippen LogP contribution in [0.1, 0.15) is 25.8 Å². The van der Waals surface area contributed by atoms with Gasteiger partial charge in [-0.1, -0.05) is 43.3 Å². The summed E-state index contributed by atoms with van der Waals surface area (Å²) < 4.78 is 41.4. The van der Waals surface area contributed by atoms with Gasteiger partial charge in [0.15, 0.2) is 5.65 Å². The van der Waals surface area contributed by atoms with Crippen LogP contribution in [0, 0.1) is 11.8 Å². The van der Waals surface area contributed by atoms with Gasteiger partial charge in [0.1, 0.15) is 11.5 Å². The van der Waals surface area contributed by atoms with E-state index in [2.05, 4.69) is 29.1 Å². The molecule has 0 unspecified atom stereocenters. The molecule has 2 atom stereocenters. The lowest BCUT2D eigenvalue weighted by Crippen LogP contribution is -2.39. The molecule has 1 saturated heterocycles. The van der Waals surface area contributed by atoms with Gasteiger partial charge < -0.3 is 4.90 Å². The normalized spacial score (nSPS) is 20.0. The molecule has 5 rings (SSSR count). The Balaban J connectivity index is 1.72. The molecule has 0 saturated carbocycles. The van der Waals surface area contributed by atoms with Crippen molar-refractivity contribution in [1.29, 1.82) is 0 Å². The Labute approximate surface area is 177 Å². The molecular formula is C23H22F3N5. The van der Waals surface area contributed by atoms with Crippen molar-refractivity contribution in [1.82, 2.24) is 19.8 Å². The predicted molar refractivity (Wildman–Crippen MR) is 114 cm³/mol. The third-order valence-corrected chi connectivity index (χ3v) is 5.86. The van der Waals surface area contributed by atoms with Crippen LogP contribution in [0.15, 0.2) is 48.5 Å². The highest BCUT2D eigenvalue weighted by atomic mass is 19.4. The zero-order valence-corrected chi connectivity index (χ0v) is 17.3. The number of alkyl halides is 3. The SMILES string of the molecule is C[C@@H]1C[C@@H](C)CN(c2nc3c(-c4cccc(C(F)(F)F)c4)nnn3c3ccccc23)C1. The van der Waals surface area contributed by atoms with E-state index in [1.807, 2.05) is 24.3 Å². The van der Waals surface area contributed by atoms with Crippen LogP contribution >= 0.6 is 0 Å². The van der Waals surface area contributed by atoms with Crippen LogP contribution in [0.5, 0.6) is 0 Å². The molecule has 2 aromatic carbocycles. The van der Waals surface area contributed by atoms with Crippen LogP contribution in [0.25, 0.3) is 27.8 Å². The smallest absolute Gasteiger partial charge is 0.355 e. The number of benzene rings is 2. The minimum atomic E-state index is -4.43. The number of hydrogen-bond donors (Lipinski definition) is 0. The van der Waals surface area contributed by atoms with Gasteiger partial charge in [0.05, 0.1) is 11.1 Å². The summed E-state index contributed by atoms with van der Waals surface area (Å²) in [6, 6.07) is 13.0. The summed E-state index contributed by atoms with van der Waals surface area (Å²) in [6.07, 6.45) is -3.26. The number of para-hydroxylation sites is 1. The van der Waals surface area contributed by atoms with Crippen molar-refractivity contribution < 1.29 is 13.2 Å². The van der Waals surface area contributed by atoms with E-state index in [1.165, 1.54) is 12.5 Å². The number of rotatable bonds is 2. The lowest BCUT2D eigenvalue weighted by atomic mass is 9.92. The summed E-state index contributed by atoms with van der Waals surface area (Å²) in [5, 5.41) is 9.41. The first-order chi connectivity index (χ1) is 14.8. The summed E-state index contributed by atoms with van der Waals surface area (Å²) >= 11 is 0. The third kappa shape index (κ3) is 3.49. The maximum atomic E-state index is 13.2. The van der Waals surface area contributed by atoms with Crippen LogP contribution in [-0.2, 0) is 6.18 Å². The molecule has 8 heteroatoms. The summed E-state index contributed by atoms with van der Waals surface area (Å²) in [7, 11) is 0. The van der Waals surface area contributed by atoms with E-state index in [1.54, 1.807) is 10.6 Å². The van der Waals surface area contributed by atoms with Gasteiger partial charge >= 0.3 is 6.18 Å². The number of fused-ring (bicyclic) bond motifs is 3. The molecule has 1 aliphatic heterocycles. The molecule has 3 heterocycles. The molecular weight excluding hydrogens is 403 g/mol. The number of piperidine rings is 1. The van der Waals surface area contributed by atoms with Gasteiger partial charge in [0, 0.05) is 24.0 Å². The molecule has 1 fully saturated rings. The Morgan fingerprint density at radius 3 is 2.45 bits per heavy atom. The van der Waals surface area contributed by atoms with Gasteiger partial charge in [0.25, 0.3) is 0 Å². The molecule has 0 bridgehead atoms. The van der Waals surface area contributed by atoms with E-state index in [9.17, 15) is 13.2 Å². The molecule has 0 amide bonds. The van der Waals surface area contributed by atoms with Gasteiger partial charge in [-0.2, -0.15) is 17.7 Å². The average molecular weight is 425 g/mol. The van der Waals surface area contributed by atoms with Crippen LogP contribution in [0.3, 0.4) is 0 Å². The number of anilines is 1. The van der Waals surface area contributed by atoms with Gasteiger partial charge in [-0.25, -0.2) is 4.98 Å².